The quantitative estimate of drug-likeness (QED) is 0.809. The maximum atomic E-state index is 4.59. The second-order valence-corrected chi connectivity index (χ2v) is 5.42. The zero-order chi connectivity index (χ0) is 12.9. The molecule has 5 nitrogen and oxygen atoms in total. The number of aryl methyl sites for hydroxylation is 2. The third-order valence-electron chi connectivity index (χ3n) is 4.06. The zero-order valence-electron chi connectivity index (χ0n) is 11.6. The van der Waals surface area contributed by atoms with E-state index in [1.807, 2.05) is 11.7 Å². The van der Waals surface area contributed by atoms with Gasteiger partial charge in [-0.3, -0.25) is 9.67 Å². The predicted octanol–water partition coefficient (Wildman–Crippen LogP) is 1.13. The van der Waals surface area contributed by atoms with E-state index in [9.17, 15) is 0 Å². The van der Waals surface area contributed by atoms with E-state index >= 15 is 0 Å². The molecule has 5 heteroatoms. The Morgan fingerprint density at radius 3 is 2.78 bits per heavy atom. The number of nitrogens with one attached hydrogen (secondary N) is 1. The first kappa shape index (κ1) is 11.6. The van der Waals surface area contributed by atoms with Gasteiger partial charge in [0.15, 0.2) is 5.96 Å². The van der Waals surface area contributed by atoms with Crippen LogP contribution in [-0.4, -0.2) is 39.8 Å². The van der Waals surface area contributed by atoms with Crippen LogP contribution in [0.2, 0.25) is 0 Å². The van der Waals surface area contributed by atoms with Crippen LogP contribution in [0.3, 0.4) is 0 Å². The Morgan fingerprint density at radius 2 is 2.11 bits per heavy atom. The van der Waals surface area contributed by atoms with Crippen molar-refractivity contribution in [2.24, 2.45) is 12.0 Å². The summed E-state index contributed by atoms with van der Waals surface area (Å²) in [6, 6.07) is 0.922. The molecule has 98 valence electrons. The smallest absolute Gasteiger partial charge is 0.194 e. The second-order valence-electron chi connectivity index (χ2n) is 5.42. The highest BCUT2D eigenvalue weighted by molar-refractivity contribution is 5.83. The summed E-state index contributed by atoms with van der Waals surface area (Å²) in [5.41, 5.74) is 3.82. The zero-order valence-corrected chi connectivity index (χ0v) is 11.6. The van der Waals surface area contributed by atoms with E-state index in [4.69, 9.17) is 0 Å². The normalized spacial score (nSPS) is 26.9. The summed E-state index contributed by atoms with van der Waals surface area (Å²) in [6.45, 7) is 8.43. The Morgan fingerprint density at radius 1 is 1.33 bits per heavy atom. The number of hydrogen-bond donors (Lipinski definition) is 1. The lowest BCUT2D eigenvalue weighted by molar-refractivity contribution is 0.303. The molecule has 18 heavy (non-hydrogen) atoms. The fraction of sp³-hybridized carbons (Fsp3) is 0.692. The van der Waals surface area contributed by atoms with E-state index in [0.29, 0.717) is 12.1 Å². The van der Waals surface area contributed by atoms with Crippen molar-refractivity contribution in [1.29, 1.82) is 0 Å². The molecule has 3 rings (SSSR count). The molecule has 1 aromatic heterocycles. The third kappa shape index (κ3) is 1.61. The molecule has 1 N–H and O–H groups in total. The lowest BCUT2D eigenvalue weighted by Gasteiger charge is -2.32. The van der Waals surface area contributed by atoms with E-state index in [-0.39, 0.29) is 0 Å². The molecule has 2 aliphatic heterocycles. The van der Waals surface area contributed by atoms with Crippen LogP contribution in [0, 0.1) is 13.8 Å². The van der Waals surface area contributed by atoms with Gasteiger partial charge in [0.25, 0.3) is 0 Å². The van der Waals surface area contributed by atoms with E-state index in [0.717, 1.165) is 31.2 Å². The summed E-state index contributed by atoms with van der Waals surface area (Å²) in [5.74, 6) is 1.07. The predicted molar refractivity (Wildman–Crippen MR) is 71.6 cm³/mol. The Labute approximate surface area is 108 Å². The standard InChI is InChI=1S/C13H21N5/c1-8-7-18-11(5-6-14-13(18)15-8)12-9(2)16-17(4)10(12)3/h8,11H,5-7H2,1-4H3,(H,14,15). The molecule has 0 spiro atoms. The van der Waals surface area contributed by atoms with Crippen LogP contribution < -0.4 is 5.32 Å². The summed E-state index contributed by atoms with van der Waals surface area (Å²) in [5, 5.41) is 8.00. The maximum Gasteiger partial charge on any atom is 0.194 e. The van der Waals surface area contributed by atoms with E-state index in [1.165, 1.54) is 11.3 Å². The average molecular weight is 247 g/mol. The maximum absolute atomic E-state index is 4.59. The van der Waals surface area contributed by atoms with Gasteiger partial charge in [0.2, 0.25) is 0 Å². The number of aliphatic imine (C=N–C) groups is 1. The number of hydrogen-bond acceptors (Lipinski definition) is 4. The lowest BCUT2D eigenvalue weighted by atomic mass is 9.99. The number of guanidine groups is 1. The van der Waals surface area contributed by atoms with Crippen molar-refractivity contribution in [3.05, 3.63) is 17.0 Å². The van der Waals surface area contributed by atoms with Gasteiger partial charge < -0.3 is 10.2 Å². The molecule has 0 aromatic carbocycles. The van der Waals surface area contributed by atoms with Crippen molar-refractivity contribution < 1.29 is 0 Å². The topological polar surface area (TPSA) is 45.5 Å². The van der Waals surface area contributed by atoms with Gasteiger partial charge in [0.1, 0.15) is 0 Å². The van der Waals surface area contributed by atoms with Crippen molar-refractivity contribution >= 4 is 5.96 Å². The first-order valence-electron chi connectivity index (χ1n) is 6.65. The fourth-order valence-corrected chi connectivity index (χ4v) is 3.16. The van der Waals surface area contributed by atoms with E-state index in [1.54, 1.807) is 0 Å². The van der Waals surface area contributed by atoms with Crippen molar-refractivity contribution in [2.75, 3.05) is 13.1 Å². The number of rotatable bonds is 1. The summed E-state index contributed by atoms with van der Waals surface area (Å²) in [4.78, 5) is 7.00. The number of fused-ring (bicyclic) bond motifs is 1. The molecule has 0 bridgehead atoms. The van der Waals surface area contributed by atoms with Gasteiger partial charge in [0.05, 0.1) is 11.7 Å². The fourth-order valence-electron chi connectivity index (χ4n) is 3.16. The molecule has 0 aliphatic carbocycles. The number of aromatic nitrogens is 2. The van der Waals surface area contributed by atoms with E-state index in [2.05, 4.69) is 41.1 Å². The van der Waals surface area contributed by atoms with Crippen LogP contribution in [0.15, 0.2) is 4.99 Å². The summed E-state index contributed by atoms with van der Waals surface area (Å²) in [7, 11) is 2.02. The molecule has 0 saturated carbocycles. The summed E-state index contributed by atoms with van der Waals surface area (Å²) >= 11 is 0. The molecule has 0 radical (unpaired) electrons. The highest BCUT2D eigenvalue weighted by atomic mass is 15.4. The highest BCUT2D eigenvalue weighted by Crippen LogP contribution is 2.33. The van der Waals surface area contributed by atoms with Gasteiger partial charge in [-0.25, -0.2) is 0 Å². The molecule has 2 atom stereocenters. The Hall–Kier alpha value is -1.52. The minimum atomic E-state index is 0.434. The van der Waals surface area contributed by atoms with Crippen LogP contribution in [0.1, 0.15) is 36.3 Å². The monoisotopic (exact) mass is 247 g/mol. The Bertz CT molecular complexity index is 502. The van der Waals surface area contributed by atoms with Crippen molar-refractivity contribution in [3.8, 4) is 0 Å². The van der Waals surface area contributed by atoms with Crippen LogP contribution in [0.4, 0.5) is 0 Å². The van der Waals surface area contributed by atoms with Crippen molar-refractivity contribution in [3.63, 3.8) is 0 Å². The first-order chi connectivity index (χ1) is 8.58. The largest absolute Gasteiger partial charge is 0.352 e. The van der Waals surface area contributed by atoms with Crippen molar-refractivity contribution in [2.45, 2.75) is 39.3 Å². The van der Waals surface area contributed by atoms with Crippen molar-refractivity contribution in [1.82, 2.24) is 20.0 Å². The second kappa shape index (κ2) is 4.00. The van der Waals surface area contributed by atoms with Gasteiger partial charge in [0, 0.05) is 37.4 Å². The molecule has 2 unspecified atom stereocenters. The van der Waals surface area contributed by atoms with Crippen LogP contribution in [-0.2, 0) is 7.05 Å². The molecule has 1 fully saturated rings. The first-order valence-corrected chi connectivity index (χ1v) is 6.65. The molecule has 0 amide bonds. The average Bonchev–Trinajstić information content (AvgIpc) is 2.80. The van der Waals surface area contributed by atoms with Crippen LogP contribution in [0.25, 0.3) is 0 Å². The van der Waals surface area contributed by atoms with Gasteiger partial charge in [-0.1, -0.05) is 0 Å². The van der Waals surface area contributed by atoms with E-state index < -0.39 is 0 Å². The highest BCUT2D eigenvalue weighted by Gasteiger charge is 2.35. The molecule has 2 aliphatic rings. The Balaban J connectivity index is 2.00. The summed E-state index contributed by atoms with van der Waals surface area (Å²) in [6.07, 6.45) is 1.09. The molecule has 1 aromatic rings. The third-order valence-corrected chi connectivity index (χ3v) is 4.06. The van der Waals surface area contributed by atoms with Crippen LogP contribution >= 0.6 is 0 Å². The summed E-state index contributed by atoms with van der Waals surface area (Å²) < 4.78 is 1.99. The molecular formula is C13H21N5. The number of nitrogens with zero attached hydrogens (tertiary/aromatic N) is 4. The van der Waals surface area contributed by atoms with Crippen LogP contribution in [0.5, 0.6) is 0 Å². The minimum absolute atomic E-state index is 0.434. The van der Waals surface area contributed by atoms with Gasteiger partial charge in [-0.05, 0) is 27.2 Å². The Kier molecular flexibility index (Phi) is 2.57. The minimum Gasteiger partial charge on any atom is -0.352 e. The van der Waals surface area contributed by atoms with Gasteiger partial charge in [-0.15, -0.1) is 0 Å². The van der Waals surface area contributed by atoms with Gasteiger partial charge >= 0.3 is 0 Å². The van der Waals surface area contributed by atoms with Gasteiger partial charge in [-0.2, -0.15) is 5.10 Å². The molecule has 3 heterocycles. The lowest BCUT2D eigenvalue weighted by Crippen LogP contribution is -2.38. The molecule has 1 saturated heterocycles. The molecular weight excluding hydrogens is 226 g/mol. The SMILES string of the molecule is Cc1nn(C)c(C)c1C1CCN=C2NC(C)CN21.